The summed E-state index contributed by atoms with van der Waals surface area (Å²) in [5.41, 5.74) is -0.0314. The van der Waals surface area contributed by atoms with Crippen LogP contribution < -0.4 is 9.47 Å². The lowest BCUT2D eigenvalue weighted by Gasteiger charge is -2.14. The molecule has 0 aromatic heterocycles. The first-order valence-electron chi connectivity index (χ1n) is 3.96. The van der Waals surface area contributed by atoms with Crippen LogP contribution in [0, 0.1) is 0 Å². The van der Waals surface area contributed by atoms with Crippen LogP contribution in [0.2, 0.25) is 0 Å². The molecule has 7 heteroatoms. The van der Waals surface area contributed by atoms with E-state index in [-0.39, 0.29) is 15.8 Å². The zero-order valence-corrected chi connectivity index (χ0v) is 9.55. The molecule has 0 spiro atoms. The van der Waals surface area contributed by atoms with Gasteiger partial charge in [-0.25, -0.2) is 0 Å². The Morgan fingerprint density at radius 2 is 2.00 bits per heavy atom. The topological polar surface area (TPSA) is 35.5 Å². The molecule has 16 heavy (non-hydrogen) atoms. The SMILES string of the molecule is COc1c(C=O)cc(Br)cc1OC(F)(F)F. The maximum atomic E-state index is 12.0. The number of carbonyl (C=O) groups excluding carboxylic acids is 1. The Bertz CT molecular complexity index is 404. The van der Waals surface area contributed by atoms with E-state index in [1.807, 2.05) is 0 Å². The molecule has 0 aliphatic heterocycles. The molecule has 1 aromatic rings. The number of alkyl halides is 3. The van der Waals surface area contributed by atoms with Gasteiger partial charge in [0.2, 0.25) is 0 Å². The highest BCUT2D eigenvalue weighted by Gasteiger charge is 2.33. The quantitative estimate of drug-likeness (QED) is 0.804. The summed E-state index contributed by atoms with van der Waals surface area (Å²) in [4.78, 5) is 10.6. The standard InChI is InChI=1S/C9H6BrF3O3/c1-15-8-5(4-14)2-6(10)3-7(8)16-9(11,12)13/h2-4H,1H3. The van der Waals surface area contributed by atoms with Gasteiger partial charge in [0.15, 0.2) is 17.8 Å². The summed E-state index contributed by atoms with van der Waals surface area (Å²) in [5, 5.41) is 0. The fraction of sp³-hybridized carbons (Fsp3) is 0.222. The van der Waals surface area contributed by atoms with Crippen LogP contribution in [0.4, 0.5) is 13.2 Å². The van der Waals surface area contributed by atoms with Gasteiger partial charge in [0.25, 0.3) is 0 Å². The van der Waals surface area contributed by atoms with E-state index in [0.29, 0.717) is 6.29 Å². The van der Waals surface area contributed by atoms with Gasteiger partial charge >= 0.3 is 6.36 Å². The second kappa shape index (κ2) is 4.73. The summed E-state index contributed by atoms with van der Waals surface area (Å²) in [6, 6.07) is 2.40. The highest BCUT2D eigenvalue weighted by atomic mass is 79.9. The Morgan fingerprint density at radius 1 is 1.38 bits per heavy atom. The first-order valence-corrected chi connectivity index (χ1v) is 4.75. The molecule has 88 valence electrons. The van der Waals surface area contributed by atoms with E-state index in [2.05, 4.69) is 20.7 Å². The van der Waals surface area contributed by atoms with Crippen LogP contribution in [0.15, 0.2) is 16.6 Å². The number of halogens is 4. The van der Waals surface area contributed by atoms with Crippen molar-refractivity contribution < 1.29 is 27.4 Å². The summed E-state index contributed by atoms with van der Waals surface area (Å²) in [7, 11) is 1.15. The van der Waals surface area contributed by atoms with Gasteiger partial charge in [-0.3, -0.25) is 4.79 Å². The molecule has 0 heterocycles. The van der Waals surface area contributed by atoms with Gasteiger partial charge in [0.1, 0.15) is 0 Å². The number of methoxy groups -OCH3 is 1. The Morgan fingerprint density at radius 3 is 2.44 bits per heavy atom. The van der Waals surface area contributed by atoms with Crippen molar-refractivity contribution in [1.29, 1.82) is 0 Å². The molecule has 0 radical (unpaired) electrons. The number of benzene rings is 1. The van der Waals surface area contributed by atoms with Gasteiger partial charge in [-0.05, 0) is 12.1 Å². The zero-order valence-electron chi connectivity index (χ0n) is 7.97. The molecule has 0 bridgehead atoms. The summed E-state index contributed by atoms with van der Waals surface area (Å²) in [6.45, 7) is 0. The van der Waals surface area contributed by atoms with Crippen LogP contribution in [-0.4, -0.2) is 19.8 Å². The molecular weight excluding hydrogens is 293 g/mol. The van der Waals surface area contributed by atoms with Crippen molar-refractivity contribution in [2.45, 2.75) is 6.36 Å². The minimum atomic E-state index is -4.84. The lowest BCUT2D eigenvalue weighted by molar-refractivity contribution is -0.275. The Balaban J connectivity index is 3.25. The fourth-order valence-electron chi connectivity index (χ4n) is 1.10. The second-order valence-corrected chi connectivity index (χ2v) is 3.61. The van der Waals surface area contributed by atoms with Crippen LogP contribution in [0.25, 0.3) is 0 Å². The normalized spacial score (nSPS) is 11.1. The maximum Gasteiger partial charge on any atom is 0.573 e. The lowest BCUT2D eigenvalue weighted by atomic mass is 10.2. The number of rotatable bonds is 3. The van der Waals surface area contributed by atoms with E-state index >= 15 is 0 Å². The molecule has 0 saturated carbocycles. The van der Waals surface area contributed by atoms with E-state index in [1.54, 1.807) is 0 Å². The average Bonchev–Trinajstić information content (AvgIpc) is 2.14. The predicted molar refractivity (Wildman–Crippen MR) is 52.8 cm³/mol. The van der Waals surface area contributed by atoms with Crippen molar-refractivity contribution in [1.82, 2.24) is 0 Å². The predicted octanol–water partition coefficient (Wildman–Crippen LogP) is 3.17. The number of aldehydes is 1. The van der Waals surface area contributed by atoms with E-state index in [0.717, 1.165) is 13.2 Å². The van der Waals surface area contributed by atoms with Crippen molar-refractivity contribution in [3.05, 3.63) is 22.2 Å². The highest BCUT2D eigenvalue weighted by molar-refractivity contribution is 9.10. The summed E-state index contributed by atoms with van der Waals surface area (Å²) >= 11 is 2.96. The van der Waals surface area contributed by atoms with E-state index in [4.69, 9.17) is 4.74 Å². The Labute approximate surface area is 97.3 Å². The van der Waals surface area contributed by atoms with Crippen LogP contribution >= 0.6 is 15.9 Å². The number of ether oxygens (including phenoxy) is 2. The summed E-state index contributed by atoms with van der Waals surface area (Å²) in [6.07, 6.45) is -4.46. The third kappa shape index (κ3) is 3.13. The largest absolute Gasteiger partial charge is 0.573 e. The van der Waals surface area contributed by atoms with Crippen LogP contribution in [-0.2, 0) is 0 Å². The third-order valence-electron chi connectivity index (χ3n) is 1.61. The van der Waals surface area contributed by atoms with Gasteiger partial charge in [0.05, 0.1) is 12.7 Å². The van der Waals surface area contributed by atoms with Gasteiger partial charge in [-0.2, -0.15) is 0 Å². The summed E-state index contributed by atoms with van der Waals surface area (Å²) in [5.74, 6) is -0.818. The van der Waals surface area contributed by atoms with Crippen molar-refractivity contribution in [3.63, 3.8) is 0 Å². The molecule has 0 atom stereocenters. The van der Waals surface area contributed by atoms with Crippen molar-refractivity contribution in [2.75, 3.05) is 7.11 Å². The second-order valence-electron chi connectivity index (χ2n) is 2.69. The third-order valence-corrected chi connectivity index (χ3v) is 2.06. The molecule has 0 fully saturated rings. The highest BCUT2D eigenvalue weighted by Crippen LogP contribution is 2.37. The van der Waals surface area contributed by atoms with Crippen molar-refractivity contribution in [3.8, 4) is 11.5 Å². The molecule has 0 amide bonds. The minimum absolute atomic E-state index is 0.0314. The van der Waals surface area contributed by atoms with Gasteiger partial charge in [-0.15, -0.1) is 13.2 Å². The molecule has 0 unspecified atom stereocenters. The van der Waals surface area contributed by atoms with Crippen molar-refractivity contribution >= 4 is 22.2 Å². The molecule has 0 saturated heterocycles. The van der Waals surface area contributed by atoms with Gasteiger partial charge < -0.3 is 9.47 Å². The monoisotopic (exact) mass is 298 g/mol. The maximum absolute atomic E-state index is 12.0. The minimum Gasteiger partial charge on any atom is -0.492 e. The molecular formula is C9H6BrF3O3. The molecule has 1 rings (SSSR count). The van der Waals surface area contributed by atoms with Gasteiger partial charge in [0, 0.05) is 4.47 Å². The molecule has 3 nitrogen and oxygen atoms in total. The zero-order chi connectivity index (χ0) is 12.3. The van der Waals surface area contributed by atoms with E-state index in [1.165, 1.54) is 6.07 Å². The van der Waals surface area contributed by atoms with Crippen LogP contribution in [0.3, 0.4) is 0 Å². The van der Waals surface area contributed by atoms with E-state index < -0.39 is 12.1 Å². The first-order chi connectivity index (χ1) is 7.37. The van der Waals surface area contributed by atoms with Crippen LogP contribution in [0.1, 0.15) is 10.4 Å². The molecule has 0 aliphatic rings. The fourth-order valence-corrected chi connectivity index (χ4v) is 1.55. The number of hydrogen-bond acceptors (Lipinski definition) is 3. The lowest BCUT2D eigenvalue weighted by Crippen LogP contribution is -2.18. The molecule has 0 aliphatic carbocycles. The van der Waals surface area contributed by atoms with Gasteiger partial charge in [-0.1, -0.05) is 15.9 Å². The average molecular weight is 299 g/mol. The van der Waals surface area contributed by atoms with Crippen LogP contribution in [0.5, 0.6) is 11.5 Å². The smallest absolute Gasteiger partial charge is 0.492 e. The number of carbonyl (C=O) groups is 1. The molecule has 1 aromatic carbocycles. The molecule has 0 N–H and O–H groups in total. The first kappa shape index (κ1) is 12.8. The van der Waals surface area contributed by atoms with Crippen molar-refractivity contribution in [2.24, 2.45) is 0 Å². The Hall–Kier alpha value is -1.24. The Kier molecular flexibility index (Phi) is 3.79. The summed E-state index contributed by atoms with van der Waals surface area (Å²) < 4.78 is 44.8. The number of hydrogen-bond donors (Lipinski definition) is 0. The van der Waals surface area contributed by atoms with E-state index in [9.17, 15) is 18.0 Å².